The van der Waals surface area contributed by atoms with Crippen LogP contribution in [0.2, 0.25) is 5.15 Å². The van der Waals surface area contributed by atoms with Gasteiger partial charge in [-0.1, -0.05) is 11.6 Å². The van der Waals surface area contributed by atoms with E-state index in [0.717, 1.165) is 24.8 Å². The Kier molecular flexibility index (Phi) is 3.71. The Morgan fingerprint density at radius 2 is 2.18 bits per heavy atom. The molecule has 1 aromatic rings. The van der Waals surface area contributed by atoms with Crippen LogP contribution in [0.25, 0.3) is 0 Å². The Morgan fingerprint density at radius 1 is 1.45 bits per heavy atom. The molecule has 3 rings (SSSR count). The molecule has 5 nitrogen and oxygen atoms in total. The topological polar surface area (TPSA) is 68.5 Å². The standard InChI is InChI=1S/C16H22ClN3O2/c1-16(2,3)22-15(21)20-10-4-5-13(20)11(7-10)9-6-12(18)14(17)19-8-9/h6,8,10-11,13H,4-5,7,18H2,1-3H3/t10-,11+,13+/m0/s1. The summed E-state index contributed by atoms with van der Waals surface area (Å²) in [5, 5.41) is 0.330. The minimum absolute atomic E-state index is 0.169. The number of ether oxygens (including phenoxy) is 1. The zero-order chi connectivity index (χ0) is 16.1. The van der Waals surface area contributed by atoms with E-state index in [0.29, 0.717) is 10.8 Å². The zero-order valence-corrected chi connectivity index (χ0v) is 13.9. The van der Waals surface area contributed by atoms with Gasteiger partial charge in [0.1, 0.15) is 5.60 Å². The predicted octanol–water partition coefficient (Wildman–Crippen LogP) is 3.57. The van der Waals surface area contributed by atoms with Gasteiger partial charge in [0.25, 0.3) is 0 Å². The second kappa shape index (κ2) is 5.30. The number of amides is 1. The minimum atomic E-state index is -0.471. The summed E-state index contributed by atoms with van der Waals surface area (Å²) in [6, 6.07) is 2.30. The number of halogens is 1. The molecule has 2 aliphatic heterocycles. The molecule has 1 amide bonds. The van der Waals surface area contributed by atoms with Crippen LogP contribution in [0.5, 0.6) is 0 Å². The molecule has 120 valence electrons. The van der Waals surface area contributed by atoms with Gasteiger partial charge in [0.05, 0.1) is 5.69 Å². The third kappa shape index (κ3) is 2.74. The highest BCUT2D eigenvalue weighted by Gasteiger charge is 2.50. The van der Waals surface area contributed by atoms with Crippen LogP contribution >= 0.6 is 11.6 Å². The molecule has 6 heteroatoms. The average Bonchev–Trinajstić information content (AvgIpc) is 2.97. The molecule has 0 unspecified atom stereocenters. The Bertz CT molecular complexity index is 600. The largest absolute Gasteiger partial charge is 0.444 e. The number of carbonyl (C=O) groups is 1. The number of pyridine rings is 1. The maximum absolute atomic E-state index is 12.5. The number of rotatable bonds is 1. The molecule has 2 N–H and O–H groups in total. The summed E-state index contributed by atoms with van der Waals surface area (Å²) in [6.45, 7) is 5.68. The van der Waals surface area contributed by atoms with Crippen molar-refractivity contribution in [1.82, 2.24) is 9.88 Å². The highest BCUT2D eigenvalue weighted by atomic mass is 35.5. The predicted molar refractivity (Wildman–Crippen MR) is 85.9 cm³/mol. The van der Waals surface area contributed by atoms with Gasteiger partial charge in [0.2, 0.25) is 0 Å². The van der Waals surface area contributed by atoms with Gasteiger partial charge >= 0.3 is 6.09 Å². The van der Waals surface area contributed by atoms with Crippen LogP contribution in [0.3, 0.4) is 0 Å². The number of hydrogen-bond donors (Lipinski definition) is 1. The third-order valence-corrected chi connectivity index (χ3v) is 4.77. The van der Waals surface area contributed by atoms with Crippen molar-refractivity contribution in [2.45, 2.75) is 63.6 Å². The lowest BCUT2D eigenvalue weighted by molar-refractivity contribution is 0.0213. The lowest BCUT2D eigenvalue weighted by atomic mass is 9.84. The molecule has 0 radical (unpaired) electrons. The SMILES string of the molecule is CC(C)(C)OC(=O)N1[C@H]2CC[C@@H]1[C@@H](c1cnc(Cl)c(N)c1)C2. The summed E-state index contributed by atoms with van der Waals surface area (Å²) in [7, 11) is 0. The molecule has 3 heterocycles. The van der Waals surface area contributed by atoms with Gasteiger partial charge < -0.3 is 15.4 Å². The molecular weight excluding hydrogens is 302 g/mol. The zero-order valence-electron chi connectivity index (χ0n) is 13.2. The van der Waals surface area contributed by atoms with Gasteiger partial charge in [0, 0.05) is 24.2 Å². The fourth-order valence-electron chi connectivity index (χ4n) is 3.63. The van der Waals surface area contributed by atoms with Gasteiger partial charge in [-0.05, 0) is 51.7 Å². The monoisotopic (exact) mass is 323 g/mol. The molecule has 0 aromatic carbocycles. The molecule has 0 spiro atoms. The van der Waals surface area contributed by atoms with Gasteiger partial charge in [-0.25, -0.2) is 9.78 Å². The van der Waals surface area contributed by atoms with E-state index in [1.807, 2.05) is 31.7 Å². The first-order valence-electron chi connectivity index (χ1n) is 7.68. The van der Waals surface area contributed by atoms with Crippen molar-refractivity contribution in [2.24, 2.45) is 0 Å². The molecule has 2 bridgehead atoms. The lowest BCUT2D eigenvalue weighted by Crippen LogP contribution is -2.40. The number of aromatic nitrogens is 1. The van der Waals surface area contributed by atoms with Gasteiger partial charge in [-0.15, -0.1) is 0 Å². The van der Waals surface area contributed by atoms with E-state index >= 15 is 0 Å². The summed E-state index contributed by atoms with van der Waals surface area (Å²) in [4.78, 5) is 18.5. The molecule has 0 aliphatic carbocycles. The third-order valence-electron chi connectivity index (χ3n) is 4.46. The van der Waals surface area contributed by atoms with Gasteiger partial charge in [0.15, 0.2) is 5.15 Å². The second-order valence-electron chi connectivity index (χ2n) is 7.18. The van der Waals surface area contributed by atoms with E-state index in [1.165, 1.54) is 0 Å². The van der Waals surface area contributed by atoms with E-state index < -0.39 is 5.60 Å². The minimum Gasteiger partial charge on any atom is -0.444 e. The first-order valence-corrected chi connectivity index (χ1v) is 8.06. The van der Waals surface area contributed by atoms with Crippen LogP contribution in [-0.2, 0) is 4.74 Å². The van der Waals surface area contributed by atoms with E-state index in [2.05, 4.69) is 4.98 Å². The van der Waals surface area contributed by atoms with Crippen LogP contribution in [-0.4, -0.2) is 33.7 Å². The lowest BCUT2D eigenvalue weighted by Gasteiger charge is -2.28. The van der Waals surface area contributed by atoms with Crippen molar-refractivity contribution < 1.29 is 9.53 Å². The van der Waals surface area contributed by atoms with Crippen molar-refractivity contribution in [3.8, 4) is 0 Å². The quantitative estimate of drug-likeness (QED) is 0.802. The molecule has 0 saturated carbocycles. The van der Waals surface area contributed by atoms with Gasteiger partial charge in [-0.2, -0.15) is 0 Å². The number of hydrogen-bond acceptors (Lipinski definition) is 4. The van der Waals surface area contributed by atoms with Crippen LogP contribution in [0.1, 0.15) is 51.5 Å². The maximum atomic E-state index is 12.5. The molecule has 22 heavy (non-hydrogen) atoms. The summed E-state index contributed by atoms with van der Waals surface area (Å²) in [5.74, 6) is 0.262. The number of nitrogens with zero attached hydrogens (tertiary/aromatic N) is 2. The molecule has 3 atom stereocenters. The Hall–Kier alpha value is -1.49. The van der Waals surface area contributed by atoms with Crippen molar-refractivity contribution in [3.05, 3.63) is 23.0 Å². The van der Waals surface area contributed by atoms with Gasteiger partial charge in [-0.3, -0.25) is 0 Å². The summed E-state index contributed by atoms with van der Waals surface area (Å²) in [6.07, 6.45) is 4.54. The fourth-order valence-corrected chi connectivity index (χ4v) is 3.73. The van der Waals surface area contributed by atoms with E-state index in [9.17, 15) is 4.79 Å². The summed E-state index contributed by atoms with van der Waals surface area (Å²) >= 11 is 5.90. The number of nitrogen functional groups attached to an aromatic ring is 1. The van der Waals surface area contributed by atoms with Crippen molar-refractivity contribution >= 4 is 23.4 Å². The van der Waals surface area contributed by atoms with Crippen molar-refractivity contribution in [3.63, 3.8) is 0 Å². The van der Waals surface area contributed by atoms with Crippen molar-refractivity contribution in [1.29, 1.82) is 0 Å². The first-order chi connectivity index (χ1) is 10.3. The number of carbonyl (C=O) groups excluding carboxylic acids is 1. The van der Waals surface area contributed by atoms with Crippen LogP contribution in [0.4, 0.5) is 10.5 Å². The molecule has 1 aromatic heterocycles. The first kappa shape index (κ1) is 15.4. The fraction of sp³-hybridized carbons (Fsp3) is 0.625. The normalized spacial score (nSPS) is 27.3. The van der Waals surface area contributed by atoms with E-state index in [-0.39, 0.29) is 24.1 Å². The number of nitrogens with two attached hydrogens (primary N) is 1. The highest BCUT2D eigenvalue weighted by Crippen LogP contribution is 2.47. The van der Waals surface area contributed by atoms with Crippen LogP contribution in [0, 0.1) is 0 Å². The molecule has 2 fully saturated rings. The molecule has 2 aliphatic rings. The Labute approximate surface area is 135 Å². The maximum Gasteiger partial charge on any atom is 0.410 e. The van der Waals surface area contributed by atoms with Crippen molar-refractivity contribution in [2.75, 3.05) is 5.73 Å². The second-order valence-corrected chi connectivity index (χ2v) is 7.54. The smallest absolute Gasteiger partial charge is 0.410 e. The molecular formula is C16H22ClN3O2. The summed E-state index contributed by atoms with van der Waals surface area (Å²) < 4.78 is 5.56. The van der Waals surface area contributed by atoms with Crippen LogP contribution in [0.15, 0.2) is 12.3 Å². The average molecular weight is 324 g/mol. The molecule has 2 saturated heterocycles. The number of fused-ring (bicyclic) bond motifs is 2. The van der Waals surface area contributed by atoms with E-state index in [4.69, 9.17) is 22.1 Å². The number of anilines is 1. The Balaban J connectivity index is 1.81. The highest BCUT2D eigenvalue weighted by molar-refractivity contribution is 6.31. The summed E-state index contributed by atoms with van der Waals surface area (Å²) in [5.41, 5.74) is 6.94. The van der Waals surface area contributed by atoms with Crippen LogP contribution < -0.4 is 5.73 Å². The van der Waals surface area contributed by atoms with E-state index in [1.54, 1.807) is 6.20 Å². The Morgan fingerprint density at radius 3 is 2.82 bits per heavy atom.